The Kier molecular flexibility index (Phi) is 6.64. The second-order valence-corrected chi connectivity index (χ2v) is 3.66. The van der Waals surface area contributed by atoms with Gasteiger partial charge < -0.3 is 20.1 Å². The van der Waals surface area contributed by atoms with Gasteiger partial charge in [0.1, 0.15) is 5.75 Å². The third-order valence-electron chi connectivity index (χ3n) is 2.46. The highest BCUT2D eigenvalue weighted by Crippen LogP contribution is 2.16. The molecule has 1 rings (SSSR count). The van der Waals surface area contributed by atoms with E-state index >= 15 is 0 Å². The Morgan fingerprint density at radius 1 is 1.22 bits per heavy atom. The zero-order chi connectivity index (χ0) is 13.2. The third-order valence-corrected chi connectivity index (χ3v) is 2.46. The van der Waals surface area contributed by atoms with Gasteiger partial charge in [0.05, 0.1) is 13.7 Å². The second-order valence-electron chi connectivity index (χ2n) is 3.66. The minimum Gasteiger partial charge on any atom is -0.496 e. The van der Waals surface area contributed by atoms with Crippen LogP contribution in [0, 0.1) is 0 Å². The van der Waals surface area contributed by atoms with Crippen molar-refractivity contribution >= 4 is 5.96 Å². The largest absolute Gasteiger partial charge is 0.496 e. The maximum Gasteiger partial charge on any atom is 0.191 e. The molecule has 0 saturated heterocycles. The molecule has 0 amide bonds. The molecule has 2 N–H and O–H groups in total. The molecular weight excluding hydrogens is 230 g/mol. The van der Waals surface area contributed by atoms with Crippen LogP contribution in [0.3, 0.4) is 0 Å². The molecule has 18 heavy (non-hydrogen) atoms. The van der Waals surface area contributed by atoms with Crippen LogP contribution in [0.2, 0.25) is 0 Å². The first kappa shape index (κ1) is 14.3. The zero-order valence-corrected chi connectivity index (χ0v) is 11.2. The number of guanidine groups is 1. The Hall–Kier alpha value is -1.75. The van der Waals surface area contributed by atoms with Gasteiger partial charge in [-0.25, -0.2) is 0 Å². The highest BCUT2D eigenvalue weighted by Gasteiger charge is 2.02. The molecule has 100 valence electrons. The molecule has 0 bridgehead atoms. The summed E-state index contributed by atoms with van der Waals surface area (Å²) in [4.78, 5) is 4.13. The normalized spacial score (nSPS) is 11.2. The number of hydrogen-bond acceptors (Lipinski definition) is 3. The number of hydrogen-bond donors (Lipinski definition) is 2. The van der Waals surface area contributed by atoms with Gasteiger partial charge in [0, 0.05) is 32.8 Å². The first-order valence-corrected chi connectivity index (χ1v) is 5.87. The summed E-state index contributed by atoms with van der Waals surface area (Å²) in [5, 5.41) is 6.37. The minimum absolute atomic E-state index is 0.648. The molecule has 0 radical (unpaired) electrons. The van der Waals surface area contributed by atoms with Crippen molar-refractivity contribution in [1.29, 1.82) is 0 Å². The van der Waals surface area contributed by atoms with Crippen molar-refractivity contribution in [1.82, 2.24) is 10.6 Å². The fraction of sp³-hybridized carbons (Fsp3) is 0.462. The Morgan fingerprint density at radius 3 is 2.67 bits per heavy atom. The molecule has 0 aliphatic carbocycles. The first-order valence-electron chi connectivity index (χ1n) is 5.87. The van der Waals surface area contributed by atoms with E-state index in [1.165, 1.54) is 0 Å². The van der Waals surface area contributed by atoms with E-state index in [-0.39, 0.29) is 0 Å². The lowest BCUT2D eigenvalue weighted by molar-refractivity contribution is 0.203. The average Bonchev–Trinajstić information content (AvgIpc) is 2.43. The molecule has 5 nitrogen and oxygen atoms in total. The number of ether oxygens (including phenoxy) is 2. The summed E-state index contributed by atoms with van der Waals surface area (Å²) in [7, 11) is 5.08. The van der Waals surface area contributed by atoms with Crippen LogP contribution in [-0.2, 0) is 11.3 Å². The first-order chi connectivity index (χ1) is 8.81. The molecule has 0 spiro atoms. The fourth-order valence-electron chi connectivity index (χ4n) is 1.52. The van der Waals surface area contributed by atoms with E-state index in [0.29, 0.717) is 13.2 Å². The SMILES string of the molecule is CN=C(NCCOC)NCc1ccccc1OC. The standard InChI is InChI=1S/C13H21N3O2/c1-14-13(15-8-9-17-2)16-10-11-6-4-5-7-12(11)18-3/h4-7H,8-10H2,1-3H3,(H2,14,15,16). The molecule has 0 saturated carbocycles. The molecule has 0 aliphatic rings. The van der Waals surface area contributed by atoms with Gasteiger partial charge in [0.2, 0.25) is 0 Å². The van der Waals surface area contributed by atoms with Gasteiger partial charge in [-0.1, -0.05) is 18.2 Å². The topological polar surface area (TPSA) is 54.9 Å². The van der Waals surface area contributed by atoms with Crippen molar-refractivity contribution in [2.24, 2.45) is 4.99 Å². The van der Waals surface area contributed by atoms with Crippen LogP contribution in [0.1, 0.15) is 5.56 Å². The third kappa shape index (κ3) is 4.63. The number of rotatable bonds is 6. The molecule has 0 heterocycles. The van der Waals surface area contributed by atoms with Gasteiger partial charge in [0.15, 0.2) is 5.96 Å². The lowest BCUT2D eigenvalue weighted by Gasteiger charge is -2.13. The van der Waals surface area contributed by atoms with Crippen LogP contribution in [0.5, 0.6) is 5.75 Å². The van der Waals surface area contributed by atoms with E-state index < -0.39 is 0 Å². The molecule has 0 atom stereocenters. The highest BCUT2D eigenvalue weighted by atomic mass is 16.5. The average molecular weight is 251 g/mol. The Balaban J connectivity index is 2.47. The lowest BCUT2D eigenvalue weighted by atomic mass is 10.2. The van der Waals surface area contributed by atoms with Crippen molar-refractivity contribution in [3.63, 3.8) is 0 Å². The molecule has 0 unspecified atom stereocenters. The molecule has 1 aromatic carbocycles. The zero-order valence-electron chi connectivity index (χ0n) is 11.2. The van der Waals surface area contributed by atoms with Crippen LogP contribution in [0.4, 0.5) is 0 Å². The Morgan fingerprint density at radius 2 is 2.00 bits per heavy atom. The van der Waals surface area contributed by atoms with E-state index in [2.05, 4.69) is 15.6 Å². The monoisotopic (exact) mass is 251 g/mol. The smallest absolute Gasteiger partial charge is 0.191 e. The summed E-state index contributed by atoms with van der Waals surface area (Å²) < 4.78 is 10.3. The van der Waals surface area contributed by atoms with Gasteiger partial charge in [-0.15, -0.1) is 0 Å². The Labute approximate surface area is 108 Å². The summed E-state index contributed by atoms with van der Waals surface area (Å²) in [6, 6.07) is 7.90. The van der Waals surface area contributed by atoms with E-state index in [4.69, 9.17) is 9.47 Å². The van der Waals surface area contributed by atoms with E-state index in [0.717, 1.165) is 23.8 Å². The summed E-state index contributed by atoms with van der Waals surface area (Å²) >= 11 is 0. The summed E-state index contributed by atoms with van der Waals surface area (Å²) in [5.74, 6) is 1.62. The lowest BCUT2D eigenvalue weighted by Crippen LogP contribution is -2.38. The van der Waals surface area contributed by atoms with Gasteiger partial charge in [0.25, 0.3) is 0 Å². The number of nitrogens with zero attached hydrogens (tertiary/aromatic N) is 1. The van der Waals surface area contributed by atoms with Crippen molar-refractivity contribution in [3.8, 4) is 5.75 Å². The van der Waals surface area contributed by atoms with E-state index in [9.17, 15) is 0 Å². The Bertz CT molecular complexity index is 380. The highest BCUT2D eigenvalue weighted by molar-refractivity contribution is 5.79. The number of para-hydroxylation sites is 1. The molecule has 1 aromatic rings. The number of methoxy groups -OCH3 is 2. The van der Waals surface area contributed by atoms with Gasteiger partial charge in [-0.05, 0) is 6.07 Å². The van der Waals surface area contributed by atoms with Gasteiger partial charge >= 0.3 is 0 Å². The van der Waals surface area contributed by atoms with E-state index in [1.54, 1.807) is 21.3 Å². The van der Waals surface area contributed by atoms with Crippen LogP contribution in [0.15, 0.2) is 29.3 Å². The second kappa shape index (κ2) is 8.36. The number of benzene rings is 1. The molecule has 5 heteroatoms. The maximum atomic E-state index is 5.29. The van der Waals surface area contributed by atoms with Crippen molar-refractivity contribution < 1.29 is 9.47 Å². The minimum atomic E-state index is 0.648. The van der Waals surface area contributed by atoms with Crippen molar-refractivity contribution in [2.75, 3.05) is 34.4 Å². The molecule has 0 aromatic heterocycles. The maximum absolute atomic E-state index is 5.29. The van der Waals surface area contributed by atoms with Gasteiger partial charge in [-0.2, -0.15) is 0 Å². The van der Waals surface area contributed by atoms with Crippen molar-refractivity contribution in [3.05, 3.63) is 29.8 Å². The molecular formula is C13H21N3O2. The van der Waals surface area contributed by atoms with Crippen LogP contribution in [-0.4, -0.2) is 40.4 Å². The van der Waals surface area contributed by atoms with E-state index in [1.807, 2.05) is 24.3 Å². The van der Waals surface area contributed by atoms with Crippen molar-refractivity contribution in [2.45, 2.75) is 6.54 Å². The van der Waals surface area contributed by atoms with Crippen LogP contribution < -0.4 is 15.4 Å². The van der Waals surface area contributed by atoms with Crippen LogP contribution in [0.25, 0.3) is 0 Å². The number of nitrogens with one attached hydrogen (secondary N) is 2. The molecule has 0 fully saturated rings. The fourth-order valence-corrected chi connectivity index (χ4v) is 1.52. The summed E-state index contributed by atoms with van der Waals surface area (Å²) in [6.45, 7) is 2.04. The predicted octanol–water partition coefficient (Wildman–Crippen LogP) is 1.01. The number of aliphatic imine (C=N–C) groups is 1. The molecule has 0 aliphatic heterocycles. The quantitative estimate of drug-likeness (QED) is 0.450. The predicted molar refractivity (Wildman–Crippen MR) is 73.1 cm³/mol. The van der Waals surface area contributed by atoms with Gasteiger partial charge in [-0.3, -0.25) is 4.99 Å². The van der Waals surface area contributed by atoms with Crippen LogP contribution >= 0.6 is 0 Å². The summed E-state index contributed by atoms with van der Waals surface area (Å²) in [5.41, 5.74) is 1.09. The summed E-state index contributed by atoms with van der Waals surface area (Å²) in [6.07, 6.45) is 0.